The minimum Gasteiger partial charge on any atom is -0.486 e. The molecule has 0 saturated heterocycles. The lowest BCUT2D eigenvalue weighted by Gasteiger charge is -2.32. The van der Waals surface area contributed by atoms with Crippen LogP contribution in [0.1, 0.15) is 24.9 Å². The molecule has 0 aliphatic carbocycles. The Morgan fingerprint density at radius 2 is 2.14 bits per heavy atom. The van der Waals surface area contributed by atoms with Crippen LogP contribution in [0.25, 0.3) is 0 Å². The van der Waals surface area contributed by atoms with Gasteiger partial charge in [-0.15, -0.1) is 11.8 Å². The van der Waals surface area contributed by atoms with Gasteiger partial charge in [0, 0.05) is 28.6 Å². The molecule has 2 unspecified atom stereocenters. The number of nitrogens with zero attached hydrogens (tertiary/aromatic N) is 2. The first kappa shape index (κ1) is 14.4. The molecule has 4 nitrogen and oxygen atoms in total. The second-order valence-corrected chi connectivity index (χ2v) is 6.08. The molecule has 2 heterocycles. The van der Waals surface area contributed by atoms with E-state index in [1.165, 1.54) is 4.90 Å². The molecule has 1 aromatic heterocycles. The minimum atomic E-state index is 0.0856. The number of hydrogen-bond acceptors (Lipinski definition) is 5. The van der Waals surface area contributed by atoms with E-state index in [-0.39, 0.29) is 12.1 Å². The van der Waals surface area contributed by atoms with Crippen LogP contribution in [0.3, 0.4) is 0 Å². The highest BCUT2D eigenvalue weighted by Gasteiger charge is 2.29. The highest BCUT2D eigenvalue weighted by molar-refractivity contribution is 7.99. The number of aromatic nitrogens is 2. The van der Waals surface area contributed by atoms with E-state index in [0.29, 0.717) is 0 Å². The summed E-state index contributed by atoms with van der Waals surface area (Å²) < 4.78 is 6.21. The fourth-order valence-corrected chi connectivity index (χ4v) is 3.47. The fraction of sp³-hybridized carbons (Fsp3) is 0.375. The molecule has 1 aliphatic heterocycles. The normalized spacial score (nSPS) is 18.6. The van der Waals surface area contributed by atoms with E-state index < -0.39 is 0 Å². The Balaban J connectivity index is 1.81. The molecular weight excluding hydrogens is 282 g/mol. The second kappa shape index (κ2) is 6.91. The van der Waals surface area contributed by atoms with Crippen molar-refractivity contribution in [1.29, 1.82) is 0 Å². The summed E-state index contributed by atoms with van der Waals surface area (Å²) in [6, 6.07) is 8.32. The van der Waals surface area contributed by atoms with Gasteiger partial charge in [-0.05, 0) is 25.1 Å². The highest BCUT2D eigenvalue weighted by Crippen LogP contribution is 2.38. The van der Waals surface area contributed by atoms with Crippen molar-refractivity contribution in [3.8, 4) is 5.75 Å². The summed E-state index contributed by atoms with van der Waals surface area (Å²) in [6.45, 7) is 3.11. The zero-order valence-electron chi connectivity index (χ0n) is 12.0. The molecule has 0 amide bonds. The highest BCUT2D eigenvalue weighted by atomic mass is 32.2. The molecule has 3 rings (SSSR count). The molecule has 0 saturated carbocycles. The van der Waals surface area contributed by atoms with Crippen molar-refractivity contribution in [1.82, 2.24) is 15.3 Å². The molecule has 110 valence electrons. The van der Waals surface area contributed by atoms with Gasteiger partial charge in [0.25, 0.3) is 0 Å². The molecule has 1 aliphatic rings. The summed E-state index contributed by atoms with van der Waals surface area (Å²) in [5.41, 5.74) is 1.08. The summed E-state index contributed by atoms with van der Waals surface area (Å²) in [7, 11) is 0. The van der Waals surface area contributed by atoms with Gasteiger partial charge >= 0.3 is 0 Å². The lowest BCUT2D eigenvalue weighted by Crippen LogP contribution is -2.39. The number of thioether (sulfide) groups is 1. The summed E-state index contributed by atoms with van der Waals surface area (Å²) in [6.07, 6.45) is 6.47. The smallest absolute Gasteiger partial charge is 0.133 e. The predicted molar refractivity (Wildman–Crippen MR) is 84.6 cm³/mol. The third-order valence-corrected chi connectivity index (χ3v) is 4.60. The van der Waals surface area contributed by atoms with Crippen LogP contribution in [-0.2, 0) is 0 Å². The lowest BCUT2D eigenvalue weighted by molar-refractivity contribution is 0.166. The Hall–Kier alpha value is -1.59. The maximum absolute atomic E-state index is 6.21. The van der Waals surface area contributed by atoms with Crippen LogP contribution in [0.5, 0.6) is 5.75 Å². The predicted octanol–water partition coefficient (Wildman–Crippen LogP) is 3.07. The molecule has 1 N–H and O–H groups in total. The van der Waals surface area contributed by atoms with Crippen LogP contribution >= 0.6 is 11.8 Å². The number of ether oxygens (including phenoxy) is 1. The lowest BCUT2D eigenvalue weighted by atomic mass is 10.1. The quantitative estimate of drug-likeness (QED) is 0.919. The molecule has 0 fully saturated rings. The number of rotatable bonds is 5. The first-order valence-electron chi connectivity index (χ1n) is 7.25. The molecule has 1 aromatic carbocycles. The van der Waals surface area contributed by atoms with Gasteiger partial charge in [-0.3, -0.25) is 0 Å². The Kier molecular flexibility index (Phi) is 4.72. The average Bonchev–Trinajstić information content (AvgIpc) is 2.56. The monoisotopic (exact) mass is 301 g/mol. The van der Waals surface area contributed by atoms with E-state index in [2.05, 4.69) is 28.3 Å². The van der Waals surface area contributed by atoms with Crippen molar-refractivity contribution in [2.45, 2.75) is 30.4 Å². The van der Waals surface area contributed by atoms with Gasteiger partial charge in [-0.2, -0.15) is 0 Å². The van der Waals surface area contributed by atoms with E-state index in [4.69, 9.17) is 4.74 Å². The molecule has 2 atom stereocenters. The molecule has 5 heteroatoms. The SMILES string of the molecule is CCCNC(c1cncnc1)C1CSc2ccccc2O1. The van der Waals surface area contributed by atoms with Gasteiger partial charge < -0.3 is 10.1 Å². The largest absolute Gasteiger partial charge is 0.486 e. The minimum absolute atomic E-state index is 0.0856. The van der Waals surface area contributed by atoms with Crippen molar-refractivity contribution in [2.24, 2.45) is 0 Å². The third-order valence-electron chi connectivity index (χ3n) is 3.46. The summed E-state index contributed by atoms with van der Waals surface area (Å²) in [5.74, 6) is 1.90. The Morgan fingerprint density at radius 1 is 1.33 bits per heavy atom. The van der Waals surface area contributed by atoms with Crippen molar-refractivity contribution >= 4 is 11.8 Å². The molecule has 0 bridgehead atoms. The number of para-hydroxylation sites is 1. The molecular formula is C16H19N3OS. The zero-order chi connectivity index (χ0) is 14.5. The zero-order valence-corrected chi connectivity index (χ0v) is 12.8. The van der Waals surface area contributed by atoms with Crippen LogP contribution in [0.2, 0.25) is 0 Å². The van der Waals surface area contributed by atoms with Crippen LogP contribution in [0.15, 0.2) is 47.9 Å². The maximum Gasteiger partial charge on any atom is 0.133 e. The van der Waals surface area contributed by atoms with Crippen LogP contribution < -0.4 is 10.1 Å². The molecule has 0 spiro atoms. The standard InChI is InChI=1S/C16H19N3OS/c1-2-7-19-16(12-8-17-11-18-9-12)14-10-21-15-6-4-3-5-13(15)20-14/h3-6,8-9,11,14,16,19H,2,7,10H2,1H3. The van der Waals surface area contributed by atoms with E-state index in [1.807, 2.05) is 42.4 Å². The first-order valence-corrected chi connectivity index (χ1v) is 8.24. The fourth-order valence-electron chi connectivity index (χ4n) is 2.44. The van der Waals surface area contributed by atoms with Gasteiger partial charge in [-0.1, -0.05) is 19.1 Å². The summed E-state index contributed by atoms with van der Waals surface area (Å²) >= 11 is 1.85. The van der Waals surface area contributed by atoms with Gasteiger partial charge in [-0.25, -0.2) is 9.97 Å². The Labute approximate surface area is 129 Å². The van der Waals surface area contributed by atoms with Crippen molar-refractivity contribution < 1.29 is 4.74 Å². The van der Waals surface area contributed by atoms with Gasteiger partial charge in [0.15, 0.2) is 0 Å². The number of nitrogens with one attached hydrogen (secondary N) is 1. The van der Waals surface area contributed by atoms with Crippen LogP contribution in [0.4, 0.5) is 0 Å². The maximum atomic E-state index is 6.21. The Bertz CT molecular complexity index is 579. The van der Waals surface area contributed by atoms with Crippen molar-refractivity contribution in [2.75, 3.05) is 12.3 Å². The third kappa shape index (κ3) is 3.36. The number of benzene rings is 1. The topological polar surface area (TPSA) is 47.0 Å². The van der Waals surface area contributed by atoms with Gasteiger partial charge in [0.1, 0.15) is 18.2 Å². The Morgan fingerprint density at radius 3 is 2.95 bits per heavy atom. The van der Waals surface area contributed by atoms with Gasteiger partial charge in [0.05, 0.1) is 6.04 Å². The van der Waals surface area contributed by atoms with Gasteiger partial charge in [0.2, 0.25) is 0 Å². The molecule has 21 heavy (non-hydrogen) atoms. The van der Waals surface area contributed by atoms with Crippen LogP contribution in [0, 0.1) is 0 Å². The van der Waals surface area contributed by atoms with Crippen LogP contribution in [-0.4, -0.2) is 28.4 Å². The first-order chi connectivity index (χ1) is 10.4. The summed E-state index contributed by atoms with van der Waals surface area (Å²) in [5, 5.41) is 3.57. The molecule has 0 radical (unpaired) electrons. The van der Waals surface area contributed by atoms with E-state index in [0.717, 1.165) is 30.0 Å². The molecule has 2 aromatic rings. The van der Waals surface area contributed by atoms with E-state index >= 15 is 0 Å². The summed E-state index contributed by atoms with van der Waals surface area (Å²) in [4.78, 5) is 9.49. The average molecular weight is 301 g/mol. The van der Waals surface area contributed by atoms with E-state index in [1.54, 1.807) is 6.33 Å². The van der Waals surface area contributed by atoms with E-state index in [9.17, 15) is 0 Å². The van der Waals surface area contributed by atoms with Crippen molar-refractivity contribution in [3.63, 3.8) is 0 Å². The number of hydrogen-bond donors (Lipinski definition) is 1. The number of fused-ring (bicyclic) bond motifs is 1. The van der Waals surface area contributed by atoms with Crippen molar-refractivity contribution in [3.05, 3.63) is 48.5 Å². The second-order valence-electron chi connectivity index (χ2n) is 5.02.